The van der Waals surface area contributed by atoms with Crippen molar-refractivity contribution < 1.29 is 14.3 Å². The molecule has 1 heterocycles. The van der Waals surface area contributed by atoms with Crippen molar-refractivity contribution in [1.29, 1.82) is 0 Å². The third kappa shape index (κ3) is 4.52. The van der Waals surface area contributed by atoms with Crippen LogP contribution in [0.5, 0.6) is 11.5 Å². The van der Waals surface area contributed by atoms with E-state index in [1.165, 1.54) is 4.70 Å². The summed E-state index contributed by atoms with van der Waals surface area (Å²) in [4.78, 5) is 16.7. The van der Waals surface area contributed by atoms with Crippen molar-refractivity contribution >= 4 is 27.5 Å². The molecule has 1 N–H and O–H groups in total. The summed E-state index contributed by atoms with van der Waals surface area (Å²) in [7, 11) is 3.22. The van der Waals surface area contributed by atoms with Crippen molar-refractivity contribution in [2.45, 2.75) is 25.8 Å². The third-order valence-electron chi connectivity index (χ3n) is 4.10. The van der Waals surface area contributed by atoms with E-state index >= 15 is 0 Å². The van der Waals surface area contributed by atoms with E-state index in [1.807, 2.05) is 36.4 Å². The second kappa shape index (κ2) is 8.67. The van der Waals surface area contributed by atoms with Gasteiger partial charge in [0.15, 0.2) is 0 Å². The van der Waals surface area contributed by atoms with Crippen molar-refractivity contribution in [3.05, 3.63) is 53.0 Å². The number of para-hydroxylation sites is 1. The number of amides is 1. The monoisotopic (exact) mass is 370 g/mol. The lowest BCUT2D eigenvalue weighted by Crippen LogP contribution is -2.22. The summed E-state index contributed by atoms with van der Waals surface area (Å²) < 4.78 is 11.7. The topological polar surface area (TPSA) is 60.5 Å². The van der Waals surface area contributed by atoms with Crippen LogP contribution in [-0.4, -0.2) is 25.1 Å². The van der Waals surface area contributed by atoms with Gasteiger partial charge < -0.3 is 14.8 Å². The van der Waals surface area contributed by atoms with Gasteiger partial charge in [-0.3, -0.25) is 4.79 Å². The van der Waals surface area contributed by atoms with E-state index in [4.69, 9.17) is 9.47 Å². The van der Waals surface area contributed by atoms with E-state index < -0.39 is 0 Å². The van der Waals surface area contributed by atoms with E-state index in [2.05, 4.69) is 16.4 Å². The molecule has 3 aromatic rings. The highest BCUT2D eigenvalue weighted by Gasteiger charge is 2.08. The maximum Gasteiger partial charge on any atom is 0.220 e. The van der Waals surface area contributed by atoms with Gasteiger partial charge in [0, 0.05) is 24.6 Å². The first-order chi connectivity index (χ1) is 12.7. The van der Waals surface area contributed by atoms with E-state index in [9.17, 15) is 4.79 Å². The molecular formula is C20H22N2O3S. The standard InChI is InChI=1S/C20H22N2O3S/c1-24-15-11-10-14(17(12-15)25-2)13-21-19(23)8-5-9-20-22-16-6-3-4-7-18(16)26-20/h3-4,6-7,10-12H,5,8-9,13H2,1-2H3,(H,21,23). The molecule has 136 valence electrons. The molecule has 0 bridgehead atoms. The molecule has 0 aliphatic carbocycles. The number of aromatic nitrogens is 1. The molecule has 26 heavy (non-hydrogen) atoms. The molecule has 0 atom stereocenters. The lowest BCUT2D eigenvalue weighted by Gasteiger charge is -2.11. The first-order valence-corrected chi connectivity index (χ1v) is 9.33. The molecule has 0 fully saturated rings. The molecule has 1 amide bonds. The largest absolute Gasteiger partial charge is 0.497 e. The Labute approximate surface area is 157 Å². The van der Waals surface area contributed by atoms with Crippen LogP contribution in [0, 0.1) is 0 Å². The van der Waals surface area contributed by atoms with Crippen molar-refractivity contribution in [2.75, 3.05) is 14.2 Å². The molecule has 0 saturated heterocycles. The molecule has 1 aromatic heterocycles. The van der Waals surface area contributed by atoms with Crippen molar-refractivity contribution in [2.24, 2.45) is 0 Å². The summed E-state index contributed by atoms with van der Waals surface area (Å²) in [5.41, 5.74) is 1.95. The van der Waals surface area contributed by atoms with Crippen LogP contribution in [0.25, 0.3) is 10.2 Å². The van der Waals surface area contributed by atoms with Crippen LogP contribution in [0.2, 0.25) is 0 Å². The van der Waals surface area contributed by atoms with E-state index in [-0.39, 0.29) is 5.91 Å². The van der Waals surface area contributed by atoms with Gasteiger partial charge in [0.2, 0.25) is 5.91 Å². The Morgan fingerprint density at radius 3 is 2.77 bits per heavy atom. The van der Waals surface area contributed by atoms with Crippen LogP contribution < -0.4 is 14.8 Å². The van der Waals surface area contributed by atoms with Gasteiger partial charge in [-0.25, -0.2) is 4.98 Å². The molecule has 5 nitrogen and oxygen atoms in total. The minimum atomic E-state index is 0.0315. The van der Waals surface area contributed by atoms with Gasteiger partial charge in [-0.1, -0.05) is 12.1 Å². The van der Waals surface area contributed by atoms with E-state index in [1.54, 1.807) is 25.6 Å². The number of nitrogens with zero attached hydrogens (tertiary/aromatic N) is 1. The summed E-state index contributed by atoms with van der Waals surface area (Å²) in [5, 5.41) is 4.03. The zero-order valence-electron chi connectivity index (χ0n) is 15.0. The van der Waals surface area contributed by atoms with E-state index in [0.29, 0.717) is 18.7 Å². The van der Waals surface area contributed by atoms with Crippen LogP contribution in [0.15, 0.2) is 42.5 Å². The highest BCUT2D eigenvalue weighted by molar-refractivity contribution is 7.18. The Hall–Kier alpha value is -2.60. The van der Waals surface area contributed by atoms with Crippen LogP contribution in [-0.2, 0) is 17.8 Å². The predicted molar refractivity (Wildman–Crippen MR) is 104 cm³/mol. The van der Waals surface area contributed by atoms with Gasteiger partial charge >= 0.3 is 0 Å². The fourth-order valence-corrected chi connectivity index (χ4v) is 3.72. The average molecular weight is 370 g/mol. The van der Waals surface area contributed by atoms with Crippen molar-refractivity contribution in [3.8, 4) is 11.5 Å². The molecule has 2 aromatic carbocycles. The van der Waals surface area contributed by atoms with Gasteiger partial charge in [-0.15, -0.1) is 11.3 Å². The zero-order valence-corrected chi connectivity index (χ0v) is 15.8. The highest BCUT2D eigenvalue weighted by Crippen LogP contribution is 2.25. The van der Waals surface area contributed by atoms with Crippen molar-refractivity contribution in [3.63, 3.8) is 0 Å². The van der Waals surface area contributed by atoms with Crippen LogP contribution in [0.4, 0.5) is 0 Å². The van der Waals surface area contributed by atoms with Crippen molar-refractivity contribution in [1.82, 2.24) is 10.3 Å². The van der Waals surface area contributed by atoms with Crippen LogP contribution in [0.3, 0.4) is 0 Å². The Kier molecular flexibility index (Phi) is 6.07. The maximum absolute atomic E-state index is 12.1. The molecule has 0 aliphatic rings. The number of benzene rings is 2. The molecule has 0 saturated carbocycles. The number of fused-ring (bicyclic) bond motifs is 1. The molecular weight excluding hydrogens is 348 g/mol. The van der Waals surface area contributed by atoms with Gasteiger partial charge in [0.1, 0.15) is 11.5 Å². The number of ether oxygens (including phenoxy) is 2. The summed E-state index contributed by atoms with van der Waals surface area (Å²) >= 11 is 1.70. The van der Waals surface area contributed by atoms with Crippen LogP contribution in [0.1, 0.15) is 23.4 Å². The number of methoxy groups -OCH3 is 2. The van der Waals surface area contributed by atoms with Gasteiger partial charge in [0.25, 0.3) is 0 Å². The molecule has 3 rings (SSSR count). The molecule has 0 aliphatic heterocycles. The fourth-order valence-electron chi connectivity index (χ4n) is 2.71. The maximum atomic E-state index is 12.1. The van der Waals surface area contributed by atoms with Gasteiger partial charge in [0.05, 0.1) is 29.4 Å². The Balaban J connectivity index is 1.47. The molecule has 0 radical (unpaired) electrons. The number of hydrogen-bond donors (Lipinski definition) is 1. The number of thiazole rings is 1. The summed E-state index contributed by atoms with van der Waals surface area (Å²) in [6, 6.07) is 13.7. The number of carbonyl (C=O) groups is 1. The van der Waals surface area contributed by atoms with Gasteiger partial charge in [-0.05, 0) is 37.1 Å². The second-order valence-corrected chi connectivity index (χ2v) is 7.00. The minimum absolute atomic E-state index is 0.0315. The first kappa shape index (κ1) is 18.2. The fraction of sp³-hybridized carbons (Fsp3) is 0.300. The van der Waals surface area contributed by atoms with Crippen LogP contribution >= 0.6 is 11.3 Å². The predicted octanol–water partition coefficient (Wildman–Crippen LogP) is 3.95. The number of hydrogen-bond acceptors (Lipinski definition) is 5. The SMILES string of the molecule is COc1ccc(CNC(=O)CCCc2nc3ccccc3s2)c(OC)c1. The zero-order chi connectivity index (χ0) is 18.4. The summed E-state index contributed by atoms with van der Waals surface area (Å²) in [5.74, 6) is 1.47. The Morgan fingerprint density at radius 1 is 1.15 bits per heavy atom. The minimum Gasteiger partial charge on any atom is -0.497 e. The number of nitrogens with one attached hydrogen (secondary N) is 1. The number of rotatable bonds is 8. The lowest BCUT2D eigenvalue weighted by atomic mass is 10.1. The van der Waals surface area contributed by atoms with E-state index in [0.717, 1.165) is 34.7 Å². The highest BCUT2D eigenvalue weighted by atomic mass is 32.1. The Bertz CT molecular complexity index is 859. The quantitative estimate of drug-likeness (QED) is 0.652. The smallest absolute Gasteiger partial charge is 0.220 e. The molecule has 0 spiro atoms. The molecule has 0 unspecified atom stereocenters. The van der Waals surface area contributed by atoms with Gasteiger partial charge in [-0.2, -0.15) is 0 Å². The summed E-state index contributed by atoms with van der Waals surface area (Å²) in [6.45, 7) is 0.438. The number of carbonyl (C=O) groups excluding carboxylic acids is 1. The Morgan fingerprint density at radius 2 is 2.00 bits per heavy atom. The normalized spacial score (nSPS) is 10.7. The average Bonchev–Trinajstić information content (AvgIpc) is 3.09. The summed E-state index contributed by atoms with van der Waals surface area (Å²) in [6.07, 6.45) is 2.08. The third-order valence-corrected chi connectivity index (χ3v) is 5.20. The number of aryl methyl sites for hydroxylation is 1. The molecule has 6 heteroatoms. The first-order valence-electron chi connectivity index (χ1n) is 8.51. The second-order valence-electron chi connectivity index (χ2n) is 5.88. The lowest BCUT2D eigenvalue weighted by molar-refractivity contribution is -0.121.